The summed E-state index contributed by atoms with van der Waals surface area (Å²) in [6, 6.07) is 5.91. The van der Waals surface area contributed by atoms with Gasteiger partial charge in [0.1, 0.15) is 0 Å². The van der Waals surface area contributed by atoms with Crippen LogP contribution in [0.4, 0.5) is 11.4 Å². The van der Waals surface area contributed by atoms with E-state index in [1.54, 1.807) is 0 Å². The summed E-state index contributed by atoms with van der Waals surface area (Å²) in [7, 11) is 3.98. The Kier molecular flexibility index (Phi) is 8.32. The van der Waals surface area contributed by atoms with Crippen molar-refractivity contribution >= 4 is 23.2 Å². The predicted octanol–water partition coefficient (Wildman–Crippen LogP) is 4.52. The van der Waals surface area contributed by atoms with Crippen LogP contribution < -0.4 is 10.2 Å². The highest BCUT2D eigenvalue weighted by Crippen LogP contribution is 2.26. The second-order valence-electron chi connectivity index (χ2n) is 8.93. The molecule has 0 aliphatic heterocycles. The number of carbonyl (C=O) groups is 2. The first-order valence-electron chi connectivity index (χ1n) is 9.83. The highest BCUT2D eigenvalue weighted by molar-refractivity contribution is 5.92. The first-order chi connectivity index (χ1) is 12.4. The number of anilines is 2. The Morgan fingerprint density at radius 1 is 1.15 bits per heavy atom. The molecule has 0 atom stereocenters. The third kappa shape index (κ3) is 7.61. The standard InChI is InChI=1S/C22H37N3O2/c1-9-12-25(20(26)14-22(4,5)6)15-17-13-18(23-21(27)16(2)3)10-11-19(17)24(7)8/h10-11,13,16H,9,12,14-15H2,1-8H3,(H,23,27). The maximum Gasteiger partial charge on any atom is 0.226 e. The van der Waals surface area contributed by atoms with Crippen molar-refractivity contribution < 1.29 is 9.59 Å². The first kappa shape index (κ1) is 23.0. The summed E-state index contributed by atoms with van der Waals surface area (Å²) in [5.41, 5.74) is 2.83. The number of carbonyl (C=O) groups excluding carboxylic acids is 2. The second-order valence-corrected chi connectivity index (χ2v) is 8.93. The minimum Gasteiger partial charge on any atom is -0.377 e. The number of amides is 2. The number of hydrogen-bond donors (Lipinski definition) is 1. The van der Waals surface area contributed by atoms with Crippen molar-refractivity contribution in [1.82, 2.24) is 4.90 Å². The lowest BCUT2D eigenvalue weighted by molar-refractivity contribution is -0.133. The van der Waals surface area contributed by atoms with E-state index in [-0.39, 0.29) is 23.1 Å². The van der Waals surface area contributed by atoms with Gasteiger partial charge in [-0.25, -0.2) is 0 Å². The number of nitrogens with zero attached hydrogens (tertiary/aromatic N) is 2. The van der Waals surface area contributed by atoms with E-state index in [4.69, 9.17) is 0 Å². The molecule has 0 radical (unpaired) electrons. The summed E-state index contributed by atoms with van der Waals surface area (Å²) in [6.45, 7) is 13.4. The van der Waals surface area contributed by atoms with Crippen molar-refractivity contribution in [2.75, 3.05) is 30.9 Å². The van der Waals surface area contributed by atoms with Gasteiger partial charge in [-0.3, -0.25) is 9.59 Å². The van der Waals surface area contributed by atoms with Crippen molar-refractivity contribution in [1.29, 1.82) is 0 Å². The molecule has 0 unspecified atom stereocenters. The van der Waals surface area contributed by atoms with Gasteiger partial charge in [0.05, 0.1) is 0 Å². The lowest BCUT2D eigenvalue weighted by atomic mass is 9.91. The zero-order valence-electron chi connectivity index (χ0n) is 18.3. The molecule has 1 aromatic rings. The first-order valence-corrected chi connectivity index (χ1v) is 9.83. The van der Waals surface area contributed by atoms with Gasteiger partial charge in [0.15, 0.2) is 0 Å². The Labute approximate surface area is 165 Å². The molecule has 0 aromatic heterocycles. The molecular formula is C22H37N3O2. The third-order valence-electron chi connectivity index (χ3n) is 4.24. The average molecular weight is 376 g/mol. The van der Waals surface area contributed by atoms with E-state index in [0.29, 0.717) is 13.0 Å². The monoisotopic (exact) mass is 375 g/mol. The van der Waals surface area contributed by atoms with Crippen LogP contribution in [0.2, 0.25) is 0 Å². The molecule has 152 valence electrons. The van der Waals surface area contributed by atoms with Crippen LogP contribution in [0.3, 0.4) is 0 Å². The Morgan fingerprint density at radius 3 is 2.26 bits per heavy atom. The van der Waals surface area contributed by atoms with Gasteiger partial charge < -0.3 is 15.1 Å². The molecule has 0 heterocycles. The SMILES string of the molecule is CCCN(Cc1cc(NC(=O)C(C)C)ccc1N(C)C)C(=O)CC(C)(C)C. The second kappa shape index (κ2) is 9.77. The van der Waals surface area contributed by atoms with Crippen molar-refractivity contribution in [3.05, 3.63) is 23.8 Å². The number of hydrogen-bond acceptors (Lipinski definition) is 3. The maximum atomic E-state index is 12.8. The predicted molar refractivity (Wildman–Crippen MR) is 114 cm³/mol. The lowest BCUT2D eigenvalue weighted by Gasteiger charge is -2.28. The van der Waals surface area contributed by atoms with E-state index in [0.717, 1.165) is 29.9 Å². The number of rotatable bonds is 8. The summed E-state index contributed by atoms with van der Waals surface area (Å²) >= 11 is 0. The molecule has 0 aliphatic rings. The lowest BCUT2D eigenvalue weighted by Crippen LogP contribution is -2.34. The molecule has 5 nitrogen and oxygen atoms in total. The summed E-state index contributed by atoms with van der Waals surface area (Å²) < 4.78 is 0. The van der Waals surface area contributed by atoms with Crippen LogP contribution in [-0.2, 0) is 16.1 Å². The van der Waals surface area contributed by atoms with Gasteiger partial charge in [0, 0.05) is 50.9 Å². The van der Waals surface area contributed by atoms with E-state index < -0.39 is 0 Å². The van der Waals surface area contributed by atoms with Crippen molar-refractivity contribution in [2.45, 2.75) is 60.9 Å². The molecule has 0 saturated heterocycles. The summed E-state index contributed by atoms with van der Waals surface area (Å²) in [5, 5.41) is 2.96. The smallest absolute Gasteiger partial charge is 0.226 e. The quantitative estimate of drug-likeness (QED) is 0.727. The van der Waals surface area contributed by atoms with Gasteiger partial charge in [0.2, 0.25) is 11.8 Å². The molecule has 1 aromatic carbocycles. The van der Waals surface area contributed by atoms with E-state index >= 15 is 0 Å². The van der Waals surface area contributed by atoms with Crippen LogP contribution in [-0.4, -0.2) is 37.4 Å². The fraction of sp³-hybridized carbons (Fsp3) is 0.636. The van der Waals surface area contributed by atoms with Gasteiger partial charge in [-0.1, -0.05) is 41.5 Å². The van der Waals surface area contributed by atoms with Gasteiger partial charge >= 0.3 is 0 Å². The summed E-state index contributed by atoms with van der Waals surface area (Å²) in [5.74, 6) is 0.0883. The Morgan fingerprint density at radius 2 is 1.78 bits per heavy atom. The minimum absolute atomic E-state index is 0.00669. The molecular weight excluding hydrogens is 338 g/mol. The normalized spacial score (nSPS) is 11.4. The Hall–Kier alpha value is -2.04. The van der Waals surface area contributed by atoms with Gasteiger partial charge in [-0.2, -0.15) is 0 Å². The van der Waals surface area contributed by atoms with Gasteiger partial charge in [0.25, 0.3) is 0 Å². The van der Waals surface area contributed by atoms with Crippen LogP contribution in [0, 0.1) is 11.3 Å². The molecule has 1 rings (SSSR count). The maximum absolute atomic E-state index is 12.8. The fourth-order valence-corrected chi connectivity index (χ4v) is 2.85. The molecule has 5 heteroatoms. The average Bonchev–Trinajstić information content (AvgIpc) is 2.52. The van der Waals surface area contributed by atoms with Crippen LogP contribution in [0.15, 0.2) is 18.2 Å². The highest BCUT2D eigenvalue weighted by Gasteiger charge is 2.22. The molecule has 27 heavy (non-hydrogen) atoms. The van der Waals surface area contributed by atoms with Crippen molar-refractivity contribution in [3.8, 4) is 0 Å². The van der Waals surface area contributed by atoms with E-state index in [1.807, 2.05) is 55.9 Å². The van der Waals surface area contributed by atoms with Crippen LogP contribution in [0.1, 0.15) is 59.9 Å². The van der Waals surface area contributed by atoms with Crippen LogP contribution in [0.5, 0.6) is 0 Å². The molecule has 0 aliphatic carbocycles. The minimum atomic E-state index is -0.0769. The molecule has 0 saturated carbocycles. The summed E-state index contributed by atoms with van der Waals surface area (Å²) in [6.07, 6.45) is 1.44. The van der Waals surface area contributed by atoms with Crippen molar-refractivity contribution in [2.24, 2.45) is 11.3 Å². The zero-order valence-corrected chi connectivity index (χ0v) is 18.3. The molecule has 0 spiro atoms. The van der Waals surface area contributed by atoms with Crippen LogP contribution in [0.25, 0.3) is 0 Å². The van der Waals surface area contributed by atoms with Gasteiger partial charge in [-0.05, 0) is 35.6 Å². The molecule has 2 amide bonds. The fourth-order valence-electron chi connectivity index (χ4n) is 2.85. The highest BCUT2D eigenvalue weighted by atomic mass is 16.2. The Balaban J connectivity index is 3.14. The van der Waals surface area contributed by atoms with E-state index in [2.05, 4.69) is 33.0 Å². The third-order valence-corrected chi connectivity index (χ3v) is 4.24. The van der Waals surface area contributed by atoms with Gasteiger partial charge in [-0.15, -0.1) is 0 Å². The summed E-state index contributed by atoms with van der Waals surface area (Å²) in [4.78, 5) is 28.9. The van der Waals surface area contributed by atoms with E-state index in [9.17, 15) is 9.59 Å². The van der Waals surface area contributed by atoms with E-state index in [1.165, 1.54) is 0 Å². The van der Waals surface area contributed by atoms with Crippen molar-refractivity contribution in [3.63, 3.8) is 0 Å². The number of nitrogens with one attached hydrogen (secondary N) is 1. The molecule has 1 N–H and O–H groups in total. The zero-order chi connectivity index (χ0) is 20.8. The topological polar surface area (TPSA) is 52.7 Å². The molecule has 0 bridgehead atoms. The molecule has 0 fully saturated rings. The van der Waals surface area contributed by atoms with Crippen LogP contribution >= 0.6 is 0 Å². The largest absolute Gasteiger partial charge is 0.377 e. The number of benzene rings is 1. The Bertz CT molecular complexity index is 645.